The highest BCUT2D eigenvalue weighted by Crippen LogP contribution is 2.29. The van der Waals surface area contributed by atoms with Crippen molar-refractivity contribution >= 4 is 17.7 Å². The lowest BCUT2D eigenvalue weighted by Crippen LogP contribution is -2.32. The van der Waals surface area contributed by atoms with Gasteiger partial charge in [-0.2, -0.15) is 13.2 Å². The van der Waals surface area contributed by atoms with Gasteiger partial charge in [-0.1, -0.05) is 30.3 Å². The van der Waals surface area contributed by atoms with Crippen LogP contribution in [0.15, 0.2) is 59.5 Å². The highest BCUT2D eigenvalue weighted by Gasteiger charge is 2.29. The molecule has 1 N–H and O–H groups in total. The van der Waals surface area contributed by atoms with Gasteiger partial charge < -0.3 is 5.32 Å². The molecular formula is C18H18F3NOS. The summed E-state index contributed by atoms with van der Waals surface area (Å²) >= 11 is 1.47. The standard InChI is InChI=1S/C18H18F3NOS/c1-13(24-16-5-3-2-4-6-16)17(23)22-12-11-14-7-9-15(10-8-14)18(19,20)21/h2-10,13H,11-12H2,1H3,(H,22,23). The normalized spacial score (nSPS) is 12.7. The molecule has 1 atom stereocenters. The molecule has 0 spiro atoms. The first-order valence-electron chi connectivity index (χ1n) is 7.52. The largest absolute Gasteiger partial charge is 0.416 e. The lowest BCUT2D eigenvalue weighted by Gasteiger charge is -2.12. The first kappa shape index (κ1) is 18.4. The molecule has 2 rings (SSSR count). The zero-order valence-corrected chi connectivity index (χ0v) is 14.0. The van der Waals surface area contributed by atoms with Crippen LogP contribution in [0.25, 0.3) is 0 Å². The van der Waals surface area contributed by atoms with Crippen molar-refractivity contribution in [2.45, 2.75) is 29.7 Å². The van der Waals surface area contributed by atoms with Crippen LogP contribution in [-0.4, -0.2) is 17.7 Å². The van der Waals surface area contributed by atoms with Crippen LogP contribution in [0.3, 0.4) is 0 Å². The van der Waals surface area contributed by atoms with E-state index in [1.165, 1.54) is 23.9 Å². The SMILES string of the molecule is CC(Sc1ccccc1)C(=O)NCCc1ccc(C(F)(F)F)cc1. The van der Waals surface area contributed by atoms with Gasteiger partial charge in [-0.15, -0.1) is 11.8 Å². The maximum atomic E-state index is 12.5. The summed E-state index contributed by atoms with van der Waals surface area (Å²) in [6.45, 7) is 2.22. The van der Waals surface area contributed by atoms with Crippen molar-refractivity contribution in [3.8, 4) is 0 Å². The minimum absolute atomic E-state index is 0.0873. The Morgan fingerprint density at radius 2 is 1.71 bits per heavy atom. The molecule has 1 unspecified atom stereocenters. The fourth-order valence-corrected chi connectivity index (χ4v) is 3.00. The Labute approximate surface area is 143 Å². The number of thioether (sulfide) groups is 1. The summed E-state index contributed by atoms with van der Waals surface area (Å²) in [7, 11) is 0. The molecule has 24 heavy (non-hydrogen) atoms. The van der Waals surface area contributed by atoms with E-state index in [-0.39, 0.29) is 11.2 Å². The average molecular weight is 353 g/mol. The van der Waals surface area contributed by atoms with E-state index in [0.29, 0.717) is 13.0 Å². The summed E-state index contributed by atoms with van der Waals surface area (Å²) in [4.78, 5) is 13.1. The molecule has 128 valence electrons. The number of carbonyl (C=O) groups excluding carboxylic acids is 1. The third kappa shape index (κ3) is 5.60. The molecule has 0 fully saturated rings. The van der Waals surface area contributed by atoms with E-state index in [1.54, 1.807) is 0 Å². The first-order chi connectivity index (χ1) is 11.4. The van der Waals surface area contributed by atoms with Crippen molar-refractivity contribution in [1.82, 2.24) is 5.32 Å². The number of hydrogen-bond donors (Lipinski definition) is 1. The fraction of sp³-hybridized carbons (Fsp3) is 0.278. The molecule has 0 aliphatic carbocycles. The summed E-state index contributed by atoms with van der Waals surface area (Å²) in [5.41, 5.74) is 0.0924. The molecule has 0 heterocycles. The van der Waals surface area contributed by atoms with Gasteiger partial charge in [0, 0.05) is 11.4 Å². The molecule has 0 aromatic heterocycles. The van der Waals surface area contributed by atoms with Crippen molar-refractivity contribution in [1.29, 1.82) is 0 Å². The summed E-state index contributed by atoms with van der Waals surface area (Å²) in [5, 5.41) is 2.58. The van der Waals surface area contributed by atoms with Crippen LogP contribution in [0.2, 0.25) is 0 Å². The van der Waals surface area contributed by atoms with Gasteiger partial charge in [-0.3, -0.25) is 4.79 Å². The zero-order valence-electron chi connectivity index (χ0n) is 13.1. The van der Waals surface area contributed by atoms with Gasteiger partial charge in [0.25, 0.3) is 0 Å². The first-order valence-corrected chi connectivity index (χ1v) is 8.40. The second-order valence-corrected chi connectivity index (χ2v) is 6.72. The van der Waals surface area contributed by atoms with Gasteiger partial charge in [0.15, 0.2) is 0 Å². The Kier molecular flexibility index (Phi) is 6.31. The van der Waals surface area contributed by atoms with E-state index < -0.39 is 11.7 Å². The Balaban J connectivity index is 1.78. The molecule has 0 saturated heterocycles. The molecule has 2 nitrogen and oxygen atoms in total. The predicted molar refractivity (Wildman–Crippen MR) is 89.9 cm³/mol. The maximum absolute atomic E-state index is 12.5. The number of hydrogen-bond acceptors (Lipinski definition) is 2. The summed E-state index contributed by atoms with van der Waals surface area (Å²) < 4.78 is 37.5. The minimum atomic E-state index is -4.32. The van der Waals surface area contributed by atoms with Crippen LogP contribution >= 0.6 is 11.8 Å². The number of rotatable bonds is 6. The average Bonchev–Trinajstić information content (AvgIpc) is 2.55. The maximum Gasteiger partial charge on any atom is 0.416 e. The van der Waals surface area contributed by atoms with Gasteiger partial charge in [-0.25, -0.2) is 0 Å². The van der Waals surface area contributed by atoms with Gasteiger partial charge in [0.1, 0.15) is 0 Å². The number of carbonyl (C=O) groups is 1. The predicted octanol–water partition coefficient (Wildman–Crippen LogP) is 4.54. The molecule has 2 aromatic rings. The van der Waals surface area contributed by atoms with E-state index in [2.05, 4.69) is 5.32 Å². The smallest absolute Gasteiger partial charge is 0.355 e. The van der Waals surface area contributed by atoms with Gasteiger partial charge in [-0.05, 0) is 43.2 Å². The van der Waals surface area contributed by atoms with Gasteiger partial charge >= 0.3 is 6.18 Å². The van der Waals surface area contributed by atoms with Crippen molar-refractivity contribution < 1.29 is 18.0 Å². The van der Waals surface area contributed by atoms with Crippen LogP contribution in [-0.2, 0) is 17.4 Å². The number of amides is 1. The third-order valence-electron chi connectivity index (χ3n) is 3.42. The number of alkyl halides is 3. The molecule has 0 aliphatic rings. The number of benzene rings is 2. The van der Waals surface area contributed by atoms with E-state index in [4.69, 9.17) is 0 Å². The summed E-state index contributed by atoms with van der Waals surface area (Å²) in [5.74, 6) is -0.0873. The van der Waals surface area contributed by atoms with E-state index in [1.807, 2.05) is 37.3 Å². The van der Waals surface area contributed by atoms with Crippen LogP contribution in [0.1, 0.15) is 18.1 Å². The monoisotopic (exact) mass is 353 g/mol. The number of nitrogens with one attached hydrogen (secondary N) is 1. The van der Waals surface area contributed by atoms with Crippen molar-refractivity contribution in [3.63, 3.8) is 0 Å². The second kappa shape index (κ2) is 8.24. The lowest BCUT2D eigenvalue weighted by molar-refractivity contribution is -0.137. The molecule has 0 aliphatic heterocycles. The quantitative estimate of drug-likeness (QED) is 0.772. The van der Waals surface area contributed by atoms with Crippen molar-refractivity contribution in [2.24, 2.45) is 0 Å². The van der Waals surface area contributed by atoms with Gasteiger partial charge in [0.2, 0.25) is 5.91 Å². The van der Waals surface area contributed by atoms with Crippen LogP contribution in [0.4, 0.5) is 13.2 Å². The minimum Gasteiger partial charge on any atom is -0.355 e. The molecule has 6 heteroatoms. The van der Waals surface area contributed by atoms with Crippen molar-refractivity contribution in [2.75, 3.05) is 6.54 Å². The van der Waals surface area contributed by atoms with Crippen LogP contribution in [0.5, 0.6) is 0 Å². The Morgan fingerprint density at radius 3 is 2.29 bits per heavy atom. The number of halogens is 3. The second-order valence-electron chi connectivity index (χ2n) is 5.31. The van der Waals surface area contributed by atoms with E-state index in [0.717, 1.165) is 22.6 Å². The fourth-order valence-electron chi connectivity index (χ4n) is 2.09. The van der Waals surface area contributed by atoms with Crippen LogP contribution in [0, 0.1) is 0 Å². The Morgan fingerprint density at radius 1 is 1.08 bits per heavy atom. The molecule has 2 aromatic carbocycles. The molecule has 0 saturated carbocycles. The highest BCUT2D eigenvalue weighted by molar-refractivity contribution is 8.00. The molecule has 1 amide bonds. The van der Waals surface area contributed by atoms with Crippen molar-refractivity contribution in [3.05, 3.63) is 65.7 Å². The summed E-state index contributed by atoms with van der Waals surface area (Å²) in [6, 6.07) is 14.6. The lowest BCUT2D eigenvalue weighted by atomic mass is 10.1. The summed E-state index contributed by atoms with van der Waals surface area (Å²) in [6.07, 6.45) is -3.83. The zero-order chi connectivity index (χ0) is 17.6. The van der Waals surface area contributed by atoms with E-state index in [9.17, 15) is 18.0 Å². The Hall–Kier alpha value is -1.95. The van der Waals surface area contributed by atoms with Crippen LogP contribution < -0.4 is 5.32 Å². The molecular weight excluding hydrogens is 335 g/mol. The Bertz CT molecular complexity index is 656. The van der Waals surface area contributed by atoms with E-state index >= 15 is 0 Å². The van der Waals surface area contributed by atoms with Gasteiger partial charge in [0.05, 0.1) is 10.8 Å². The molecule has 0 radical (unpaired) electrons. The highest BCUT2D eigenvalue weighted by atomic mass is 32.2. The molecule has 0 bridgehead atoms. The topological polar surface area (TPSA) is 29.1 Å². The third-order valence-corrected chi connectivity index (χ3v) is 4.53.